The zero-order valence-electron chi connectivity index (χ0n) is 9.96. The third kappa shape index (κ3) is 4.69. The molecular formula is C13H13NO4. The van der Waals surface area contributed by atoms with Crippen molar-refractivity contribution in [1.29, 1.82) is 0 Å². The Morgan fingerprint density at radius 3 is 2.44 bits per heavy atom. The van der Waals surface area contributed by atoms with E-state index in [1.54, 1.807) is 7.11 Å². The molecule has 0 aromatic heterocycles. The van der Waals surface area contributed by atoms with Crippen LogP contribution in [0.25, 0.3) is 0 Å². The van der Waals surface area contributed by atoms with Crippen LogP contribution in [0.1, 0.15) is 12.0 Å². The molecule has 0 radical (unpaired) electrons. The number of carbonyl (C=O) groups excluding carboxylic acids is 2. The summed E-state index contributed by atoms with van der Waals surface area (Å²) in [5.74, 6) is -0.414. The van der Waals surface area contributed by atoms with Gasteiger partial charge in [-0.3, -0.25) is 9.59 Å². The molecule has 1 aromatic carbocycles. The van der Waals surface area contributed by atoms with Crippen molar-refractivity contribution >= 4 is 11.7 Å². The number of nitroso groups, excluding NO2 is 1. The number of amides is 1. The van der Waals surface area contributed by atoms with Crippen molar-refractivity contribution in [3.8, 4) is 5.75 Å². The summed E-state index contributed by atoms with van der Waals surface area (Å²) in [6, 6.07) is 7.37. The van der Waals surface area contributed by atoms with Crippen molar-refractivity contribution in [2.24, 2.45) is 5.18 Å². The van der Waals surface area contributed by atoms with Crippen LogP contribution >= 0.6 is 0 Å². The Kier molecular flexibility index (Phi) is 5.44. The van der Waals surface area contributed by atoms with Gasteiger partial charge < -0.3 is 4.74 Å². The molecule has 18 heavy (non-hydrogen) atoms. The van der Waals surface area contributed by atoms with Gasteiger partial charge in [-0.25, -0.2) is 0 Å². The Morgan fingerprint density at radius 2 is 1.89 bits per heavy atom. The van der Waals surface area contributed by atoms with E-state index < -0.39 is 5.91 Å². The molecule has 0 fully saturated rings. The third-order valence-electron chi connectivity index (χ3n) is 2.32. The number of rotatable bonds is 6. The minimum Gasteiger partial charge on any atom is -0.497 e. The topological polar surface area (TPSA) is 72.8 Å². The molecule has 0 saturated carbocycles. The Balaban J connectivity index is 2.44. The summed E-state index contributed by atoms with van der Waals surface area (Å²) < 4.78 is 5.02. The monoisotopic (exact) mass is 247 g/mol. The van der Waals surface area contributed by atoms with E-state index in [0.717, 1.165) is 23.5 Å². The number of benzene rings is 1. The van der Waals surface area contributed by atoms with Crippen LogP contribution in [0.2, 0.25) is 0 Å². The SMILES string of the molecule is COc1ccc(CCC(=O)/C=C/C(=O)N=O)cc1. The van der Waals surface area contributed by atoms with E-state index in [4.69, 9.17) is 4.74 Å². The number of hydrogen-bond donors (Lipinski definition) is 0. The molecule has 0 saturated heterocycles. The Hall–Kier alpha value is -2.30. The number of carbonyl (C=O) groups is 2. The van der Waals surface area contributed by atoms with Crippen LogP contribution in [0.4, 0.5) is 0 Å². The first-order valence-corrected chi connectivity index (χ1v) is 5.37. The number of ether oxygens (including phenoxy) is 1. The second-order valence-electron chi connectivity index (χ2n) is 3.58. The van der Waals surface area contributed by atoms with Crippen LogP contribution in [0.15, 0.2) is 41.6 Å². The summed E-state index contributed by atoms with van der Waals surface area (Å²) in [6.07, 6.45) is 2.79. The molecule has 0 bridgehead atoms. The number of hydrogen-bond acceptors (Lipinski definition) is 4. The number of ketones is 1. The second-order valence-corrected chi connectivity index (χ2v) is 3.58. The van der Waals surface area contributed by atoms with Crippen molar-refractivity contribution in [3.05, 3.63) is 46.9 Å². The van der Waals surface area contributed by atoms with Crippen LogP contribution in [0.5, 0.6) is 5.75 Å². The minimum absolute atomic E-state index is 0.220. The zero-order valence-corrected chi connectivity index (χ0v) is 9.96. The van der Waals surface area contributed by atoms with Gasteiger partial charge in [0.25, 0.3) is 0 Å². The highest BCUT2D eigenvalue weighted by atomic mass is 16.5. The zero-order chi connectivity index (χ0) is 13.4. The van der Waals surface area contributed by atoms with Crippen molar-refractivity contribution in [1.82, 2.24) is 0 Å². The van der Waals surface area contributed by atoms with Crippen LogP contribution in [-0.2, 0) is 16.0 Å². The number of nitrogens with zero attached hydrogens (tertiary/aromatic N) is 1. The van der Waals surface area contributed by atoms with Gasteiger partial charge in [-0.1, -0.05) is 12.1 Å². The first-order chi connectivity index (χ1) is 8.65. The summed E-state index contributed by atoms with van der Waals surface area (Å²) >= 11 is 0. The average Bonchev–Trinajstić information content (AvgIpc) is 2.42. The maximum absolute atomic E-state index is 11.4. The van der Waals surface area contributed by atoms with Gasteiger partial charge in [0.2, 0.25) is 0 Å². The van der Waals surface area contributed by atoms with Gasteiger partial charge in [-0.2, -0.15) is 0 Å². The first-order valence-electron chi connectivity index (χ1n) is 5.37. The molecule has 0 aliphatic rings. The van der Waals surface area contributed by atoms with E-state index in [9.17, 15) is 14.5 Å². The lowest BCUT2D eigenvalue weighted by molar-refractivity contribution is -0.116. The molecule has 0 spiro atoms. The van der Waals surface area contributed by atoms with Crippen LogP contribution in [0.3, 0.4) is 0 Å². The lowest BCUT2D eigenvalue weighted by Gasteiger charge is -2.01. The van der Waals surface area contributed by atoms with E-state index in [0.29, 0.717) is 6.42 Å². The first kappa shape index (κ1) is 13.8. The van der Waals surface area contributed by atoms with Gasteiger partial charge in [0.15, 0.2) is 5.78 Å². The highest BCUT2D eigenvalue weighted by Crippen LogP contribution is 2.12. The van der Waals surface area contributed by atoms with E-state index >= 15 is 0 Å². The normalized spacial score (nSPS) is 10.3. The Morgan fingerprint density at radius 1 is 1.22 bits per heavy atom. The molecule has 0 N–H and O–H groups in total. The Bertz CT molecular complexity index is 462. The highest BCUT2D eigenvalue weighted by molar-refractivity contribution is 5.98. The molecular weight excluding hydrogens is 234 g/mol. The summed E-state index contributed by atoms with van der Waals surface area (Å²) in [5.41, 5.74) is 0.998. The lowest BCUT2D eigenvalue weighted by atomic mass is 10.1. The lowest BCUT2D eigenvalue weighted by Crippen LogP contribution is -1.97. The third-order valence-corrected chi connectivity index (χ3v) is 2.32. The molecule has 1 rings (SSSR count). The highest BCUT2D eigenvalue weighted by Gasteiger charge is 2.01. The van der Waals surface area contributed by atoms with E-state index in [-0.39, 0.29) is 12.2 Å². The van der Waals surface area contributed by atoms with Crippen LogP contribution in [0, 0.1) is 4.91 Å². The van der Waals surface area contributed by atoms with Gasteiger partial charge in [0, 0.05) is 17.7 Å². The fourth-order valence-corrected chi connectivity index (χ4v) is 1.34. The van der Waals surface area contributed by atoms with Crippen molar-refractivity contribution < 1.29 is 14.3 Å². The minimum atomic E-state index is -0.951. The fraction of sp³-hybridized carbons (Fsp3) is 0.231. The van der Waals surface area contributed by atoms with E-state index in [1.807, 2.05) is 24.3 Å². The maximum Gasteiger partial charge on any atom is 0.309 e. The van der Waals surface area contributed by atoms with E-state index in [2.05, 4.69) is 5.18 Å². The molecule has 1 aromatic rings. The van der Waals surface area contributed by atoms with Gasteiger partial charge in [-0.05, 0) is 30.2 Å². The number of methoxy groups -OCH3 is 1. The van der Waals surface area contributed by atoms with Gasteiger partial charge in [0.05, 0.1) is 7.11 Å². The summed E-state index contributed by atoms with van der Waals surface area (Å²) in [5, 5.41) is 2.16. The fourth-order valence-electron chi connectivity index (χ4n) is 1.34. The van der Waals surface area contributed by atoms with Gasteiger partial charge >= 0.3 is 5.91 Å². The van der Waals surface area contributed by atoms with Crippen LogP contribution in [-0.4, -0.2) is 18.8 Å². The van der Waals surface area contributed by atoms with Crippen molar-refractivity contribution in [2.75, 3.05) is 7.11 Å². The molecule has 1 amide bonds. The maximum atomic E-state index is 11.4. The molecule has 0 heterocycles. The average molecular weight is 247 g/mol. The molecule has 94 valence electrons. The molecule has 5 nitrogen and oxygen atoms in total. The predicted molar refractivity (Wildman–Crippen MR) is 66.3 cm³/mol. The summed E-state index contributed by atoms with van der Waals surface area (Å²) in [6.45, 7) is 0. The summed E-state index contributed by atoms with van der Waals surface area (Å²) in [4.78, 5) is 31.7. The van der Waals surface area contributed by atoms with Gasteiger partial charge in [0.1, 0.15) is 5.75 Å². The molecule has 0 aliphatic heterocycles. The molecule has 0 aliphatic carbocycles. The second kappa shape index (κ2) is 7.11. The molecule has 5 heteroatoms. The summed E-state index contributed by atoms with van der Waals surface area (Å²) in [7, 11) is 1.58. The molecule has 0 atom stereocenters. The molecule has 0 unspecified atom stereocenters. The predicted octanol–water partition coefficient (Wildman–Crippen LogP) is 2.05. The number of allylic oxidation sites excluding steroid dienone is 1. The Labute approximate surface area is 104 Å². The smallest absolute Gasteiger partial charge is 0.309 e. The largest absolute Gasteiger partial charge is 0.497 e. The van der Waals surface area contributed by atoms with Gasteiger partial charge in [-0.15, -0.1) is 4.91 Å². The van der Waals surface area contributed by atoms with Crippen LogP contribution < -0.4 is 4.74 Å². The standard InChI is InChI=1S/C13H13NO4/c1-18-12-7-3-10(4-8-12)2-5-11(15)6-9-13(16)14-17/h3-4,6-9H,2,5H2,1H3/b9-6+. The quantitative estimate of drug-likeness (QED) is 0.569. The van der Waals surface area contributed by atoms with E-state index in [1.165, 1.54) is 0 Å². The number of aryl methyl sites for hydroxylation is 1. The van der Waals surface area contributed by atoms with Crippen molar-refractivity contribution in [2.45, 2.75) is 12.8 Å². The van der Waals surface area contributed by atoms with Crippen molar-refractivity contribution in [3.63, 3.8) is 0 Å².